The van der Waals surface area contributed by atoms with Crippen molar-refractivity contribution in [1.82, 2.24) is 0 Å². The van der Waals surface area contributed by atoms with Gasteiger partial charge in [0, 0.05) is 0 Å². The minimum absolute atomic E-state index is 0.0136. The first-order chi connectivity index (χ1) is 11.6. The Balaban J connectivity index is 1.94. The summed E-state index contributed by atoms with van der Waals surface area (Å²) in [5.41, 5.74) is 1.89. The lowest BCUT2D eigenvalue weighted by atomic mass is 10.0. The second-order valence-corrected chi connectivity index (χ2v) is 7.28. The van der Waals surface area contributed by atoms with E-state index in [4.69, 9.17) is 0 Å². The van der Waals surface area contributed by atoms with Crippen molar-refractivity contribution in [1.29, 1.82) is 0 Å². The van der Waals surface area contributed by atoms with Gasteiger partial charge in [-0.05, 0) is 37.0 Å². The van der Waals surface area contributed by atoms with Gasteiger partial charge in [-0.25, -0.2) is 0 Å². The summed E-state index contributed by atoms with van der Waals surface area (Å²) in [4.78, 5) is 0. The van der Waals surface area contributed by atoms with Gasteiger partial charge in [-0.3, -0.25) is 0 Å². The van der Waals surface area contributed by atoms with Gasteiger partial charge in [-0.2, -0.15) is 0 Å². The molecule has 0 heterocycles. The minimum Gasteiger partial charge on any atom is -0.504 e. The summed E-state index contributed by atoms with van der Waals surface area (Å²) >= 11 is 0. The van der Waals surface area contributed by atoms with E-state index in [1.807, 2.05) is 13.0 Å². The molecule has 2 N–H and O–H groups in total. The molecule has 0 amide bonds. The summed E-state index contributed by atoms with van der Waals surface area (Å²) < 4.78 is 0. The summed E-state index contributed by atoms with van der Waals surface area (Å²) in [5, 5.41) is 19.5. The summed E-state index contributed by atoms with van der Waals surface area (Å²) in [7, 11) is 0. The Morgan fingerprint density at radius 3 is 1.62 bits per heavy atom. The molecule has 2 nitrogen and oxygen atoms in total. The maximum absolute atomic E-state index is 9.86. The fraction of sp³-hybridized carbons (Fsp3) is 0.727. The van der Waals surface area contributed by atoms with E-state index in [-0.39, 0.29) is 11.5 Å². The minimum atomic E-state index is 0.0136. The molecule has 1 rings (SSSR count). The molecule has 24 heavy (non-hydrogen) atoms. The van der Waals surface area contributed by atoms with Crippen molar-refractivity contribution in [2.45, 2.75) is 104 Å². The SMILES string of the molecule is CCCCCCCCCCCCCCCc1cc(C)cc(O)c1O. The maximum atomic E-state index is 9.86. The zero-order chi connectivity index (χ0) is 17.6. The van der Waals surface area contributed by atoms with Crippen molar-refractivity contribution >= 4 is 0 Å². The molecule has 0 radical (unpaired) electrons. The predicted octanol–water partition coefficient (Wildman–Crippen LogP) is 7.04. The third kappa shape index (κ3) is 9.20. The first-order valence-electron chi connectivity index (χ1n) is 10.2. The molecule has 0 saturated heterocycles. The van der Waals surface area contributed by atoms with Crippen LogP contribution in [-0.4, -0.2) is 10.2 Å². The predicted molar refractivity (Wildman–Crippen MR) is 104 cm³/mol. The van der Waals surface area contributed by atoms with Crippen LogP contribution in [0.3, 0.4) is 0 Å². The fourth-order valence-electron chi connectivity index (χ4n) is 3.36. The summed E-state index contributed by atoms with van der Waals surface area (Å²) in [6.07, 6.45) is 18.4. The summed E-state index contributed by atoms with van der Waals surface area (Å²) in [6.45, 7) is 4.22. The highest BCUT2D eigenvalue weighted by molar-refractivity contribution is 5.47. The molecule has 1 aromatic rings. The molecular formula is C22H38O2. The standard InChI is InChI=1S/C22H38O2/c1-3-4-5-6-7-8-9-10-11-12-13-14-15-16-20-17-19(2)18-21(23)22(20)24/h17-18,23-24H,3-16H2,1-2H3. The van der Waals surface area contributed by atoms with Gasteiger partial charge in [-0.15, -0.1) is 0 Å². The molecule has 1 aromatic carbocycles. The largest absolute Gasteiger partial charge is 0.504 e. The number of aryl methyl sites for hydroxylation is 2. The molecule has 2 heteroatoms. The van der Waals surface area contributed by atoms with E-state index in [1.54, 1.807) is 6.07 Å². The molecule has 0 aliphatic heterocycles. The number of benzene rings is 1. The van der Waals surface area contributed by atoms with Crippen LogP contribution in [0.25, 0.3) is 0 Å². The van der Waals surface area contributed by atoms with Gasteiger partial charge in [0.1, 0.15) is 0 Å². The molecule has 138 valence electrons. The second-order valence-electron chi connectivity index (χ2n) is 7.28. The van der Waals surface area contributed by atoms with Gasteiger partial charge in [0.05, 0.1) is 0 Å². The van der Waals surface area contributed by atoms with Crippen LogP contribution in [0.4, 0.5) is 0 Å². The van der Waals surface area contributed by atoms with Crippen molar-refractivity contribution in [2.75, 3.05) is 0 Å². The highest BCUT2D eigenvalue weighted by Crippen LogP contribution is 2.31. The van der Waals surface area contributed by atoms with Crippen molar-refractivity contribution in [2.24, 2.45) is 0 Å². The Morgan fingerprint density at radius 2 is 1.12 bits per heavy atom. The molecule has 0 aromatic heterocycles. The lowest BCUT2D eigenvalue weighted by Crippen LogP contribution is -1.89. The Hall–Kier alpha value is -1.18. The molecule has 0 bridgehead atoms. The highest BCUT2D eigenvalue weighted by Gasteiger charge is 2.07. The summed E-state index contributed by atoms with van der Waals surface area (Å²) in [6, 6.07) is 3.60. The summed E-state index contributed by atoms with van der Waals surface area (Å²) in [5.74, 6) is 0.0826. The molecule has 0 saturated carbocycles. The lowest BCUT2D eigenvalue weighted by Gasteiger charge is -2.08. The van der Waals surface area contributed by atoms with E-state index in [0.29, 0.717) is 0 Å². The molecule has 0 unspecified atom stereocenters. The molecule has 0 atom stereocenters. The van der Waals surface area contributed by atoms with E-state index < -0.39 is 0 Å². The molecule has 0 aliphatic rings. The average molecular weight is 335 g/mol. The van der Waals surface area contributed by atoms with E-state index in [1.165, 1.54) is 77.0 Å². The van der Waals surface area contributed by atoms with Gasteiger partial charge in [-0.1, -0.05) is 90.0 Å². The number of phenols is 2. The van der Waals surface area contributed by atoms with Crippen LogP contribution in [0.1, 0.15) is 102 Å². The van der Waals surface area contributed by atoms with Gasteiger partial charge in [0.15, 0.2) is 11.5 Å². The van der Waals surface area contributed by atoms with Crippen LogP contribution in [0.2, 0.25) is 0 Å². The van der Waals surface area contributed by atoms with E-state index in [9.17, 15) is 10.2 Å². The van der Waals surface area contributed by atoms with Crippen LogP contribution in [-0.2, 0) is 6.42 Å². The van der Waals surface area contributed by atoms with Crippen LogP contribution in [0.15, 0.2) is 12.1 Å². The highest BCUT2D eigenvalue weighted by atomic mass is 16.3. The Labute approximate surface area is 149 Å². The zero-order valence-electron chi connectivity index (χ0n) is 15.9. The van der Waals surface area contributed by atoms with E-state index in [0.717, 1.165) is 24.0 Å². The molecule has 0 aliphatic carbocycles. The maximum Gasteiger partial charge on any atom is 0.160 e. The smallest absolute Gasteiger partial charge is 0.160 e. The van der Waals surface area contributed by atoms with Crippen LogP contribution in [0.5, 0.6) is 11.5 Å². The Kier molecular flexibility index (Phi) is 11.4. The number of hydrogen-bond acceptors (Lipinski definition) is 2. The van der Waals surface area contributed by atoms with Gasteiger partial charge >= 0.3 is 0 Å². The zero-order valence-corrected chi connectivity index (χ0v) is 15.9. The normalized spacial score (nSPS) is 11.1. The fourth-order valence-corrected chi connectivity index (χ4v) is 3.36. The van der Waals surface area contributed by atoms with Crippen molar-refractivity contribution in [3.05, 3.63) is 23.3 Å². The van der Waals surface area contributed by atoms with E-state index in [2.05, 4.69) is 6.92 Å². The van der Waals surface area contributed by atoms with Crippen LogP contribution in [0, 0.1) is 6.92 Å². The van der Waals surface area contributed by atoms with Gasteiger partial charge in [0.2, 0.25) is 0 Å². The van der Waals surface area contributed by atoms with E-state index >= 15 is 0 Å². The number of rotatable bonds is 14. The molecule has 0 spiro atoms. The van der Waals surface area contributed by atoms with Gasteiger partial charge < -0.3 is 10.2 Å². The van der Waals surface area contributed by atoms with Crippen LogP contribution >= 0.6 is 0 Å². The Bertz CT molecular complexity index is 440. The number of hydrogen-bond donors (Lipinski definition) is 2. The second kappa shape index (κ2) is 13.1. The third-order valence-electron chi connectivity index (χ3n) is 4.86. The van der Waals surface area contributed by atoms with Crippen molar-refractivity contribution in [3.8, 4) is 11.5 Å². The number of aromatic hydroxyl groups is 2. The van der Waals surface area contributed by atoms with Gasteiger partial charge in [0.25, 0.3) is 0 Å². The number of phenolic OH excluding ortho intramolecular Hbond substituents is 2. The monoisotopic (exact) mass is 334 g/mol. The quantitative estimate of drug-likeness (QED) is 0.283. The van der Waals surface area contributed by atoms with Crippen molar-refractivity contribution in [3.63, 3.8) is 0 Å². The molecular weight excluding hydrogens is 296 g/mol. The first kappa shape index (κ1) is 20.9. The molecule has 0 fully saturated rings. The number of unbranched alkanes of at least 4 members (excludes halogenated alkanes) is 12. The average Bonchev–Trinajstić information content (AvgIpc) is 2.56. The Morgan fingerprint density at radius 1 is 0.667 bits per heavy atom. The van der Waals surface area contributed by atoms with Crippen LogP contribution < -0.4 is 0 Å². The first-order valence-corrected chi connectivity index (χ1v) is 10.2. The topological polar surface area (TPSA) is 40.5 Å². The van der Waals surface area contributed by atoms with Crippen molar-refractivity contribution < 1.29 is 10.2 Å². The lowest BCUT2D eigenvalue weighted by molar-refractivity contribution is 0.398. The third-order valence-corrected chi connectivity index (χ3v) is 4.86.